The summed E-state index contributed by atoms with van der Waals surface area (Å²) >= 11 is 4.61. The van der Waals surface area contributed by atoms with Crippen molar-refractivity contribution in [1.82, 2.24) is 10.2 Å². The van der Waals surface area contributed by atoms with Gasteiger partial charge in [0, 0.05) is 24.5 Å². The van der Waals surface area contributed by atoms with Crippen LogP contribution in [-0.4, -0.2) is 61.5 Å². The maximum Gasteiger partial charge on any atom is 0.262 e. The monoisotopic (exact) mass is 494 g/mol. The molecule has 0 aliphatic carbocycles. The van der Waals surface area contributed by atoms with E-state index in [0.29, 0.717) is 36.0 Å². The Kier molecular flexibility index (Phi) is 7.97. The Morgan fingerprint density at radius 3 is 2.30 bits per heavy atom. The van der Waals surface area contributed by atoms with Gasteiger partial charge >= 0.3 is 0 Å². The van der Waals surface area contributed by atoms with Gasteiger partial charge in [0.05, 0.1) is 28.4 Å². The number of thiophene rings is 1. The predicted molar refractivity (Wildman–Crippen MR) is 120 cm³/mol. The van der Waals surface area contributed by atoms with Gasteiger partial charge in [-0.3, -0.25) is 19.3 Å². The molecule has 0 saturated carbocycles. The van der Waals surface area contributed by atoms with E-state index in [1.165, 1.54) is 11.3 Å². The van der Waals surface area contributed by atoms with E-state index < -0.39 is 6.04 Å². The van der Waals surface area contributed by atoms with Crippen LogP contribution in [0.1, 0.15) is 16.6 Å². The lowest BCUT2D eigenvalue weighted by atomic mass is 10.2. The van der Waals surface area contributed by atoms with Crippen molar-refractivity contribution < 1.29 is 19.1 Å². The Bertz CT molecular complexity index is 896. The van der Waals surface area contributed by atoms with Gasteiger partial charge < -0.3 is 20.7 Å². The van der Waals surface area contributed by atoms with Crippen LogP contribution in [0.3, 0.4) is 0 Å². The largest absolute Gasteiger partial charge is 0.379 e. The van der Waals surface area contributed by atoms with Crippen LogP contribution in [0.15, 0.2) is 40.2 Å². The molecule has 1 unspecified atom stereocenters. The number of halogens is 1. The van der Waals surface area contributed by atoms with Crippen molar-refractivity contribution in [2.75, 3.05) is 43.5 Å². The van der Waals surface area contributed by atoms with E-state index in [0.717, 1.165) is 16.9 Å². The Balaban J connectivity index is 1.46. The molecule has 2 heterocycles. The van der Waals surface area contributed by atoms with Gasteiger partial charge in [-0.25, -0.2) is 0 Å². The fraction of sp³-hybridized carbons (Fsp3) is 0.350. The van der Waals surface area contributed by atoms with Gasteiger partial charge in [0.25, 0.3) is 5.91 Å². The minimum Gasteiger partial charge on any atom is -0.379 e. The summed E-state index contributed by atoms with van der Waals surface area (Å²) in [4.78, 5) is 39.2. The second-order valence-corrected chi connectivity index (χ2v) is 9.27. The molecular weight excluding hydrogens is 472 g/mol. The van der Waals surface area contributed by atoms with Crippen LogP contribution in [0, 0.1) is 0 Å². The summed E-state index contributed by atoms with van der Waals surface area (Å²) in [5, 5.41) is 8.27. The van der Waals surface area contributed by atoms with Crippen LogP contribution in [0.25, 0.3) is 0 Å². The van der Waals surface area contributed by atoms with Gasteiger partial charge in [0.15, 0.2) is 0 Å². The van der Waals surface area contributed by atoms with Crippen molar-refractivity contribution in [1.29, 1.82) is 0 Å². The highest BCUT2D eigenvalue weighted by atomic mass is 79.9. The molecule has 0 bridgehead atoms. The van der Waals surface area contributed by atoms with Crippen molar-refractivity contribution in [2.24, 2.45) is 0 Å². The van der Waals surface area contributed by atoms with Crippen LogP contribution < -0.4 is 16.0 Å². The van der Waals surface area contributed by atoms with E-state index in [1.54, 1.807) is 43.3 Å². The summed E-state index contributed by atoms with van der Waals surface area (Å²) in [5.74, 6) is -0.722. The number of amides is 3. The molecule has 3 rings (SSSR count). The summed E-state index contributed by atoms with van der Waals surface area (Å²) in [5.41, 5.74) is 1.22. The first-order valence-corrected chi connectivity index (χ1v) is 11.1. The third-order valence-electron chi connectivity index (χ3n) is 4.44. The van der Waals surface area contributed by atoms with Crippen LogP contribution in [-0.2, 0) is 14.3 Å². The highest BCUT2D eigenvalue weighted by Gasteiger charge is 2.18. The lowest BCUT2D eigenvalue weighted by molar-refractivity contribution is -0.118. The molecule has 1 aliphatic rings. The molecule has 0 radical (unpaired) electrons. The third kappa shape index (κ3) is 6.63. The second kappa shape index (κ2) is 10.7. The SMILES string of the molecule is CC(NC(=O)c1ccc(Br)s1)C(=O)Nc1ccc(NC(=O)CN2CCOCC2)cc1. The van der Waals surface area contributed by atoms with Crippen molar-refractivity contribution >= 4 is 56.4 Å². The highest BCUT2D eigenvalue weighted by molar-refractivity contribution is 9.11. The zero-order chi connectivity index (χ0) is 21.5. The van der Waals surface area contributed by atoms with Gasteiger partial charge in [-0.05, 0) is 59.3 Å². The number of hydrogen-bond donors (Lipinski definition) is 3. The second-order valence-electron chi connectivity index (χ2n) is 6.80. The molecule has 1 saturated heterocycles. The number of benzene rings is 1. The molecule has 10 heteroatoms. The summed E-state index contributed by atoms with van der Waals surface area (Å²) in [6.45, 7) is 4.72. The summed E-state index contributed by atoms with van der Waals surface area (Å²) in [6, 6.07) is 9.62. The Morgan fingerprint density at radius 2 is 1.70 bits per heavy atom. The standard InChI is InChI=1S/C20H23BrN4O4S/c1-13(22-20(28)16-6-7-17(21)30-16)19(27)24-15-4-2-14(3-5-15)23-18(26)12-25-8-10-29-11-9-25/h2-7,13H,8-12H2,1H3,(H,22,28)(H,23,26)(H,24,27). The quantitative estimate of drug-likeness (QED) is 0.549. The number of morpholine rings is 1. The van der Waals surface area contributed by atoms with Gasteiger partial charge in [0.1, 0.15) is 6.04 Å². The summed E-state index contributed by atoms with van der Waals surface area (Å²) in [6.07, 6.45) is 0. The van der Waals surface area contributed by atoms with Crippen molar-refractivity contribution in [3.63, 3.8) is 0 Å². The molecular formula is C20H23BrN4O4S. The molecule has 0 spiro atoms. The number of rotatable bonds is 7. The van der Waals surface area contributed by atoms with Crippen LogP contribution in [0.2, 0.25) is 0 Å². The maximum atomic E-state index is 12.4. The van der Waals surface area contributed by atoms with Crippen molar-refractivity contribution in [3.05, 3.63) is 45.1 Å². The molecule has 160 valence electrons. The lowest BCUT2D eigenvalue weighted by Crippen LogP contribution is -2.41. The van der Waals surface area contributed by atoms with Gasteiger partial charge in [-0.2, -0.15) is 0 Å². The molecule has 3 amide bonds. The molecule has 1 fully saturated rings. The number of nitrogens with zero attached hydrogens (tertiary/aromatic N) is 1. The van der Waals surface area contributed by atoms with E-state index in [1.807, 2.05) is 4.90 Å². The van der Waals surface area contributed by atoms with E-state index in [9.17, 15) is 14.4 Å². The molecule has 3 N–H and O–H groups in total. The Morgan fingerprint density at radius 1 is 1.07 bits per heavy atom. The van der Waals surface area contributed by atoms with E-state index in [4.69, 9.17) is 4.74 Å². The average molecular weight is 495 g/mol. The number of carbonyl (C=O) groups excluding carboxylic acids is 3. The third-order valence-corrected chi connectivity index (χ3v) is 6.07. The van der Waals surface area contributed by atoms with E-state index in [-0.39, 0.29) is 17.7 Å². The zero-order valence-corrected chi connectivity index (χ0v) is 18.8. The first kappa shape index (κ1) is 22.4. The molecule has 30 heavy (non-hydrogen) atoms. The molecule has 1 aromatic heterocycles. The number of nitrogens with one attached hydrogen (secondary N) is 3. The molecule has 2 aromatic rings. The Hall–Kier alpha value is -2.27. The maximum absolute atomic E-state index is 12.4. The fourth-order valence-electron chi connectivity index (χ4n) is 2.82. The fourth-order valence-corrected chi connectivity index (χ4v) is 4.11. The number of ether oxygens (including phenoxy) is 1. The number of anilines is 2. The first-order valence-electron chi connectivity index (χ1n) is 9.48. The molecule has 8 nitrogen and oxygen atoms in total. The smallest absolute Gasteiger partial charge is 0.262 e. The summed E-state index contributed by atoms with van der Waals surface area (Å²) in [7, 11) is 0. The Labute approximate surface area is 187 Å². The zero-order valence-electron chi connectivity index (χ0n) is 16.4. The number of carbonyl (C=O) groups is 3. The van der Waals surface area contributed by atoms with E-state index >= 15 is 0 Å². The van der Waals surface area contributed by atoms with Gasteiger partial charge in [-0.1, -0.05) is 0 Å². The topological polar surface area (TPSA) is 99.8 Å². The molecule has 1 atom stereocenters. The van der Waals surface area contributed by atoms with E-state index in [2.05, 4.69) is 31.9 Å². The average Bonchev–Trinajstić information content (AvgIpc) is 3.16. The van der Waals surface area contributed by atoms with Crippen LogP contribution in [0.5, 0.6) is 0 Å². The highest BCUT2D eigenvalue weighted by Crippen LogP contribution is 2.22. The summed E-state index contributed by atoms with van der Waals surface area (Å²) < 4.78 is 6.12. The number of hydrogen-bond acceptors (Lipinski definition) is 6. The minimum absolute atomic E-state index is 0.0924. The molecule has 1 aliphatic heterocycles. The lowest BCUT2D eigenvalue weighted by Gasteiger charge is -2.25. The minimum atomic E-state index is -0.703. The normalized spacial score (nSPS) is 15.3. The predicted octanol–water partition coefficient (Wildman–Crippen LogP) is 2.54. The van der Waals surface area contributed by atoms with Crippen molar-refractivity contribution in [2.45, 2.75) is 13.0 Å². The van der Waals surface area contributed by atoms with Crippen LogP contribution in [0.4, 0.5) is 11.4 Å². The molecule has 1 aromatic carbocycles. The van der Waals surface area contributed by atoms with Gasteiger partial charge in [0.2, 0.25) is 11.8 Å². The van der Waals surface area contributed by atoms with Gasteiger partial charge in [-0.15, -0.1) is 11.3 Å². The van der Waals surface area contributed by atoms with Crippen LogP contribution >= 0.6 is 27.3 Å². The van der Waals surface area contributed by atoms with Crippen molar-refractivity contribution in [3.8, 4) is 0 Å². The first-order chi connectivity index (χ1) is 14.4.